The summed E-state index contributed by atoms with van der Waals surface area (Å²) in [5, 5.41) is 33.3. The maximum atomic E-state index is 12.0. The number of aromatic nitrogens is 5. The van der Waals surface area contributed by atoms with Crippen LogP contribution in [-0.2, 0) is 31.4 Å². The molecule has 0 spiro atoms. The molecular formula is C22H31ClN6O9P2. The average molecular weight is 621 g/mol. The predicted molar refractivity (Wildman–Crippen MR) is 144 cm³/mol. The number of benzene rings is 1. The van der Waals surface area contributed by atoms with Gasteiger partial charge < -0.3 is 39.5 Å². The molecule has 1 fully saturated rings. The summed E-state index contributed by atoms with van der Waals surface area (Å²) in [7, 11) is -9.55. The number of hydrogen-bond donors (Lipinski definition) is 6. The molecule has 0 saturated carbocycles. The molecule has 1 aromatic carbocycles. The lowest BCUT2D eigenvalue weighted by Gasteiger charge is -2.18. The Morgan fingerprint density at radius 2 is 1.88 bits per heavy atom. The number of aliphatic hydroxyl groups is 2. The van der Waals surface area contributed by atoms with E-state index >= 15 is 0 Å². The van der Waals surface area contributed by atoms with Gasteiger partial charge >= 0.3 is 15.2 Å². The van der Waals surface area contributed by atoms with E-state index in [0.717, 1.165) is 12.0 Å². The van der Waals surface area contributed by atoms with Gasteiger partial charge in [0.15, 0.2) is 29.1 Å². The second-order valence-corrected chi connectivity index (χ2v) is 14.3. The van der Waals surface area contributed by atoms with Crippen molar-refractivity contribution in [3.05, 3.63) is 40.7 Å². The van der Waals surface area contributed by atoms with E-state index in [-0.39, 0.29) is 11.2 Å². The molecule has 0 bridgehead atoms. The molecule has 40 heavy (non-hydrogen) atoms. The Balaban J connectivity index is 1.60. The van der Waals surface area contributed by atoms with E-state index in [4.69, 9.17) is 30.6 Å². The number of halogens is 1. The molecule has 220 valence electrons. The molecule has 1 unspecified atom stereocenters. The largest absolute Gasteiger partial charge is 0.387 e. The average Bonchev–Trinajstić information content (AvgIpc) is 3.40. The van der Waals surface area contributed by atoms with Crippen LogP contribution in [-0.4, -0.2) is 80.7 Å². The van der Waals surface area contributed by atoms with Gasteiger partial charge in [0.25, 0.3) is 0 Å². The summed E-state index contributed by atoms with van der Waals surface area (Å²) in [5.41, 5.74) is 1.31. The number of ether oxygens (including phenoxy) is 1. The molecule has 0 aliphatic carbocycles. The third-order valence-electron chi connectivity index (χ3n) is 6.10. The first-order chi connectivity index (χ1) is 18.7. The smallest absolute Gasteiger partial charge is 0.340 e. The Hall–Kier alpha value is -2.03. The lowest BCUT2D eigenvalue weighted by molar-refractivity contribution is -0.0550. The van der Waals surface area contributed by atoms with Gasteiger partial charge in [-0.25, -0.2) is 9.97 Å². The molecular weight excluding hydrogens is 590 g/mol. The molecule has 6 N–H and O–H groups in total. The first-order valence-electron chi connectivity index (χ1n) is 12.4. The highest BCUT2D eigenvalue weighted by atomic mass is 35.5. The minimum atomic E-state index is -4.85. The van der Waals surface area contributed by atoms with Crippen LogP contribution in [0.5, 0.6) is 0 Å². The van der Waals surface area contributed by atoms with E-state index in [9.17, 15) is 24.2 Å². The van der Waals surface area contributed by atoms with Crippen LogP contribution in [0.15, 0.2) is 24.3 Å². The molecule has 18 heteroatoms. The quantitative estimate of drug-likeness (QED) is 0.159. The van der Waals surface area contributed by atoms with Gasteiger partial charge in [0, 0.05) is 18.0 Å². The van der Waals surface area contributed by atoms with Gasteiger partial charge in [-0.1, -0.05) is 48.9 Å². The highest BCUT2D eigenvalue weighted by Gasteiger charge is 2.46. The van der Waals surface area contributed by atoms with Gasteiger partial charge in [-0.3, -0.25) is 9.13 Å². The second-order valence-electron chi connectivity index (χ2n) is 9.86. The maximum absolute atomic E-state index is 12.0. The Bertz CT molecular complexity index is 1440. The van der Waals surface area contributed by atoms with Crippen LogP contribution in [0.1, 0.15) is 37.9 Å². The number of aryl methyl sites for hydroxylation is 1. The van der Waals surface area contributed by atoms with Crippen LogP contribution in [0.3, 0.4) is 0 Å². The van der Waals surface area contributed by atoms with Crippen molar-refractivity contribution in [2.75, 3.05) is 17.8 Å². The molecule has 1 saturated heterocycles. The Morgan fingerprint density at radius 1 is 1.15 bits per heavy atom. The van der Waals surface area contributed by atoms with Crippen molar-refractivity contribution in [3.63, 3.8) is 0 Å². The van der Waals surface area contributed by atoms with E-state index in [2.05, 4.69) is 39.4 Å². The van der Waals surface area contributed by atoms with Gasteiger partial charge in [-0.2, -0.15) is 4.68 Å². The Kier molecular flexibility index (Phi) is 9.63. The molecule has 0 amide bonds. The van der Waals surface area contributed by atoms with E-state index in [0.29, 0.717) is 35.5 Å². The van der Waals surface area contributed by atoms with Crippen LogP contribution < -0.4 is 5.32 Å². The zero-order chi connectivity index (χ0) is 29.2. The van der Waals surface area contributed by atoms with Crippen molar-refractivity contribution in [2.45, 2.75) is 57.8 Å². The molecule has 3 aromatic rings. The third-order valence-corrected chi connectivity index (χ3v) is 9.93. The fourth-order valence-electron chi connectivity index (χ4n) is 4.05. The van der Waals surface area contributed by atoms with Gasteiger partial charge in [0.1, 0.15) is 24.1 Å². The highest BCUT2D eigenvalue weighted by molar-refractivity contribution is 7.70. The van der Waals surface area contributed by atoms with Gasteiger partial charge in [0.05, 0.1) is 6.61 Å². The topological polar surface area (TPSA) is 222 Å². The number of aliphatic hydroxyl groups excluding tert-OH is 2. The second kappa shape index (κ2) is 12.5. The molecule has 5 atom stereocenters. The van der Waals surface area contributed by atoms with Gasteiger partial charge in [-0.15, -0.1) is 5.10 Å². The molecule has 1 aliphatic heterocycles. The fraction of sp³-hybridized carbons (Fsp3) is 0.545. The van der Waals surface area contributed by atoms with Crippen molar-refractivity contribution in [2.24, 2.45) is 5.92 Å². The number of fused-ring (bicyclic) bond motifs is 1. The van der Waals surface area contributed by atoms with Crippen molar-refractivity contribution >= 4 is 43.8 Å². The number of hydrogen-bond acceptors (Lipinski definition) is 11. The molecule has 1 aliphatic rings. The summed E-state index contributed by atoms with van der Waals surface area (Å²) in [4.78, 5) is 36.9. The summed E-state index contributed by atoms with van der Waals surface area (Å²) in [6, 6.07) is 7.31. The number of nitrogens with zero attached hydrogens (tertiary/aromatic N) is 5. The van der Waals surface area contributed by atoms with Crippen molar-refractivity contribution in [1.29, 1.82) is 0 Å². The third kappa shape index (κ3) is 7.62. The summed E-state index contributed by atoms with van der Waals surface area (Å²) < 4.78 is 34.7. The minimum Gasteiger partial charge on any atom is -0.387 e. The van der Waals surface area contributed by atoms with Crippen LogP contribution >= 0.6 is 26.8 Å². The van der Waals surface area contributed by atoms with Crippen LogP contribution in [0, 0.1) is 5.92 Å². The van der Waals surface area contributed by atoms with Crippen molar-refractivity contribution in [3.8, 4) is 0 Å². The van der Waals surface area contributed by atoms with E-state index in [1.54, 1.807) is 6.07 Å². The van der Waals surface area contributed by atoms with Crippen LogP contribution in [0.4, 0.5) is 5.82 Å². The normalized spacial score (nSPS) is 23.1. The Labute approximate surface area is 234 Å². The first-order valence-corrected chi connectivity index (χ1v) is 16.3. The maximum Gasteiger partial charge on any atom is 0.340 e. The number of anilines is 1. The lowest BCUT2D eigenvalue weighted by Crippen LogP contribution is -2.33. The summed E-state index contributed by atoms with van der Waals surface area (Å²) in [6.45, 7) is 3.74. The SMILES string of the molecule is CC(C)CCc1nc(NCc2ccccc2Cl)c2nnn([C@@H]3O[C@H](COP(=O)(O)CP(=O)(O)O)[C@@H](O)[C@H]3O)c2n1. The van der Waals surface area contributed by atoms with Crippen molar-refractivity contribution < 1.29 is 43.3 Å². The molecule has 2 aromatic heterocycles. The molecule has 4 rings (SSSR count). The van der Waals surface area contributed by atoms with E-state index in [1.165, 1.54) is 4.68 Å². The van der Waals surface area contributed by atoms with Gasteiger partial charge in [0.2, 0.25) is 0 Å². The first kappa shape index (κ1) is 30.9. The summed E-state index contributed by atoms with van der Waals surface area (Å²) in [5.74, 6) is -0.159. The van der Waals surface area contributed by atoms with Gasteiger partial charge in [-0.05, 0) is 24.0 Å². The minimum absolute atomic E-state index is 0.211. The van der Waals surface area contributed by atoms with E-state index in [1.807, 2.05) is 18.2 Å². The predicted octanol–water partition coefficient (Wildman–Crippen LogP) is 2.03. The standard InChI is InChI=1S/C22H31ClN6O9P2/c1-12(2)7-8-16-25-20(24-9-13-5-3-4-6-14(13)23)17-21(26-16)29(28-27-17)22-19(31)18(30)15(38-22)10-37-40(35,36)11-39(32,33)34/h3-6,12,15,18-19,22,30-31H,7-11H2,1-2H3,(H,35,36)(H,24,25,26)(H2,32,33,34)/t15-,18-,19-,22-/m1/s1. The number of rotatable bonds is 12. The summed E-state index contributed by atoms with van der Waals surface area (Å²) >= 11 is 6.29. The fourth-order valence-corrected chi connectivity index (χ4v) is 6.82. The van der Waals surface area contributed by atoms with E-state index < -0.39 is 52.2 Å². The zero-order valence-electron chi connectivity index (χ0n) is 21.6. The lowest BCUT2D eigenvalue weighted by atomic mass is 10.1. The number of nitrogens with one attached hydrogen (secondary N) is 1. The summed E-state index contributed by atoms with van der Waals surface area (Å²) in [6.07, 6.45) is -4.44. The Morgan fingerprint density at radius 3 is 2.55 bits per heavy atom. The molecule has 3 heterocycles. The van der Waals surface area contributed by atoms with Crippen LogP contribution in [0.2, 0.25) is 5.02 Å². The molecule has 0 radical (unpaired) electrons. The highest BCUT2D eigenvalue weighted by Crippen LogP contribution is 2.55. The van der Waals surface area contributed by atoms with Crippen LogP contribution in [0.25, 0.3) is 11.2 Å². The molecule has 15 nitrogen and oxygen atoms in total. The monoisotopic (exact) mass is 620 g/mol. The zero-order valence-corrected chi connectivity index (χ0v) is 24.2. The van der Waals surface area contributed by atoms with Crippen molar-refractivity contribution in [1.82, 2.24) is 25.0 Å².